The van der Waals surface area contributed by atoms with E-state index in [-0.39, 0.29) is 0 Å². The van der Waals surface area contributed by atoms with Crippen LogP contribution in [0.25, 0.3) is 0 Å². The second-order valence-corrected chi connectivity index (χ2v) is 7.28. The molecule has 0 radical (unpaired) electrons. The number of nitrogens with one attached hydrogen (secondary N) is 1. The summed E-state index contributed by atoms with van der Waals surface area (Å²) in [5.74, 6) is 0. The molecule has 24 heavy (non-hydrogen) atoms. The van der Waals surface area contributed by atoms with Gasteiger partial charge in [-0.05, 0) is 80.6 Å². The van der Waals surface area contributed by atoms with Crippen molar-refractivity contribution >= 4 is 17.3 Å². The lowest BCUT2D eigenvalue weighted by molar-refractivity contribution is 0.243. The van der Waals surface area contributed by atoms with Crippen LogP contribution >= 0.6 is 11.6 Å². The lowest BCUT2D eigenvalue weighted by Gasteiger charge is -2.27. The van der Waals surface area contributed by atoms with Crippen molar-refractivity contribution < 1.29 is 0 Å². The zero-order valence-corrected chi connectivity index (χ0v) is 15.5. The predicted octanol–water partition coefficient (Wildman–Crippen LogP) is 5.40. The molecule has 0 spiro atoms. The maximum atomic E-state index is 6.32. The van der Waals surface area contributed by atoms with Crippen LogP contribution in [-0.4, -0.2) is 24.7 Å². The first-order valence-corrected chi connectivity index (χ1v) is 9.31. The highest BCUT2D eigenvalue weighted by Crippen LogP contribution is 2.25. The van der Waals surface area contributed by atoms with Crippen molar-refractivity contribution in [3.05, 3.63) is 63.7 Å². The van der Waals surface area contributed by atoms with E-state index >= 15 is 0 Å². The Morgan fingerprint density at radius 1 is 0.958 bits per heavy atom. The van der Waals surface area contributed by atoms with Gasteiger partial charge in [-0.1, -0.05) is 42.3 Å². The van der Waals surface area contributed by atoms with E-state index in [4.69, 9.17) is 11.6 Å². The Morgan fingerprint density at radius 3 is 2.46 bits per heavy atom. The summed E-state index contributed by atoms with van der Waals surface area (Å²) in [5.41, 5.74) is 6.42. The van der Waals surface area contributed by atoms with E-state index in [1.807, 2.05) is 12.1 Å². The summed E-state index contributed by atoms with van der Waals surface area (Å²) in [6.45, 7) is 7.77. The SMILES string of the molecule is Cc1cc(NCN2CCCCC2)c(C)cc1Cc1ccccc1Cl. The fraction of sp³-hybridized carbons (Fsp3) is 0.429. The minimum absolute atomic E-state index is 0.849. The Balaban J connectivity index is 1.70. The summed E-state index contributed by atoms with van der Waals surface area (Å²) in [5, 5.41) is 4.47. The number of halogens is 1. The van der Waals surface area contributed by atoms with E-state index in [0.29, 0.717) is 0 Å². The Hall–Kier alpha value is -1.51. The lowest BCUT2D eigenvalue weighted by Crippen LogP contribution is -2.34. The third kappa shape index (κ3) is 4.31. The van der Waals surface area contributed by atoms with E-state index in [2.05, 4.69) is 48.3 Å². The first-order valence-electron chi connectivity index (χ1n) is 8.93. The molecule has 1 fully saturated rings. The molecule has 0 amide bonds. The lowest BCUT2D eigenvalue weighted by atomic mass is 9.97. The van der Waals surface area contributed by atoms with Crippen LogP contribution in [0.15, 0.2) is 36.4 Å². The van der Waals surface area contributed by atoms with Crippen molar-refractivity contribution in [1.29, 1.82) is 0 Å². The van der Waals surface area contributed by atoms with Gasteiger partial charge in [-0.15, -0.1) is 0 Å². The van der Waals surface area contributed by atoms with Crippen LogP contribution in [0.5, 0.6) is 0 Å². The van der Waals surface area contributed by atoms with Crippen molar-refractivity contribution in [3.8, 4) is 0 Å². The van der Waals surface area contributed by atoms with Gasteiger partial charge in [-0.3, -0.25) is 4.90 Å². The van der Waals surface area contributed by atoms with E-state index in [0.717, 1.165) is 18.1 Å². The molecule has 1 saturated heterocycles. The molecule has 1 N–H and O–H groups in total. The Kier molecular flexibility index (Phi) is 5.80. The molecule has 0 unspecified atom stereocenters. The van der Waals surface area contributed by atoms with Gasteiger partial charge in [-0.2, -0.15) is 0 Å². The number of likely N-dealkylation sites (tertiary alicyclic amines) is 1. The van der Waals surface area contributed by atoms with Gasteiger partial charge < -0.3 is 5.32 Å². The van der Waals surface area contributed by atoms with Gasteiger partial charge in [-0.25, -0.2) is 0 Å². The van der Waals surface area contributed by atoms with Gasteiger partial charge in [0.2, 0.25) is 0 Å². The molecular weight excluding hydrogens is 316 g/mol. The van der Waals surface area contributed by atoms with E-state index in [1.54, 1.807) is 0 Å². The molecule has 0 aromatic heterocycles. The molecule has 2 nitrogen and oxygen atoms in total. The summed E-state index contributed by atoms with van der Waals surface area (Å²) < 4.78 is 0. The van der Waals surface area contributed by atoms with E-state index in [9.17, 15) is 0 Å². The van der Waals surface area contributed by atoms with Crippen LogP contribution in [0.4, 0.5) is 5.69 Å². The van der Waals surface area contributed by atoms with Crippen molar-refractivity contribution in [2.75, 3.05) is 25.1 Å². The van der Waals surface area contributed by atoms with Crippen molar-refractivity contribution in [3.63, 3.8) is 0 Å². The van der Waals surface area contributed by atoms with Crippen LogP contribution in [0.3, 0.4) is 0 Å². The minimum Gasteiger partial charge on any atom is -0.372 e. The van der Waals surface area contributed by atoms with Gasteiger partial charge in [0.1, 0.15) is 0 Å². The number of piperidine rings is 1. The van der Waals surface area contributed by atoms with Crippen LogP contribution in [0.2, 0.25) is 5.02 Å². The third-order valence-corrected chi connectivity index (χ3v) is 5.33. The molecule has 0 saturated carbocycles. The highest BCUT2D eigenvalue weighted by Gasteiger charge is 2.11. The molecule has 3 rings (SSSR count). The molecular formula is C21H27ClN2. The maximum absolute atomic E-state index is 6.32. The van der Waals surface area contributed by atoms with Gasteiger partial charge in [0.15, 0.2) is 0 Å². The first-order chi connectivity index (χ1) is 11.6. The molecule has 1 aliphatic heterocycles. The Morgan fingerprint density at radius 2 is 1.71 bits per heavy atom. The van der Waals surface area contributed by atoms with Crippen LogP contribution in [0, 0.1) is 13.8 Å². The number of hydrogen-bond acceptors (Lipinski definition) is 2. The Bertz CT molecular complexity index is 690. The van der Waals surface area contributed by atoms with Crippen LogP contribution < -0.4 is 5.32 Å². The number of nitrogens with zero attached hydrogens (tertiary/aromatic N) is 1. The summed E-state index contributed by atoms with van der Waals surface area (Å²) in [6.07, 6.45) is 4.93. The second kappa shape index (κ2) is 8.04. The molecule has 1 heterocycles. The molecule has 3 heteroatoms. The van der Waals surface area contributed by atoms with Crippen LogP contribution in [-0.2, 0) is 6.42 Å². The van der Waals surface area contributed by atoms with Crippen molar-refractivity contribution in [2.45, 2.75) is 39.5 Å². The smallest absolute Gasteiger partial charge is 0.0678 e. The van der Waals surface area contributed by atoms with Gasteiger partial charge >= 0.3 is 0 Å². The van der Waals surface area contributed by atoms with Gasteiger partial charge in [0, 0.05) is 10.7 Å². The summed E-state index contributed by atoms with van der Waals surface area (Å²) in [6, 6.07) is 12.7. The molecule has 2 aromatic carbocycles. The van der Waals surface area contributed by atoms with Gasteiger partial charge in [0.25, 0.3) is 0 Å². The first kappa shape index (κ1) is 17.3. The standard InChI is InChI=1S/C21H27ClN2/c1-16-13-21(23-15-24-10-6-3-7-11-24)17(2)12-19(16)14-18-8-4-5-9-20(18)22/h4-5,8-9,12-13,23H,3,6-7,10-11,14-15H2,1-2H3. The predicted molar refractivity (Wildman–Crippen MR) is 104 cm³/mol. The second-order valence-electron chi connectivity index (χ2n) is 6.88. The highest BCUT2D eigenvalue weighted by molar-refractivity contribution is 6.31. The molecule has 0 aliphatic carbocycles. The number of aryl methyl sites for hydroxylation is 2. The largest absolute Gasteiger partial charge is 0.372 e. The fourth-order valence-electron chi connectivity index (χ4n) is 3.42. The van der Waals surface area contributed by atoms with Crippen molar-refractivity contribution in [1.82, 2.24) is 4.90 Å². The van der Waals surface area contributed by atoms with Crippen LogP contribution in [0.1, 0.15) is 41.5 Å². The number of anilines is 1. The Labute approximate surface area is 150 Å². The fourth-order valence-corrected chi connectivity index (χ4v) is 3.62. The number of hydrogen-bond donors (Lipinski definition) is 1. The minimum atomic E-state index is 0.849. The zero-order chi connectivity index (χ0) is 16.9. The highest BCUT2D eigenvalue weighted by atomic mass is 35.5. The monoisotopic (exact) mass is 342 g/mol. The number of rotatable bonds is 5. The topological polar surface area (TPSA) is 15.3 Å². The average Bonchev–Trinajstić information content (AvgIpc) is 2.59. The van der Waals surface area contributed by atoms with Crippen molar-refractivity contribution in [2.24, 2.45) is 0 Å². The third-order valence-electron chi connectivity index (χ3n) is 4.96. The molecule has 1 aliphatic rings. The quantitative estimate of drug-likeness (QED) is 0.782. The van der Waals surface area contributed by atoms with E-state index in [1.165, 1.54) is 60.3 Å². The van der Waals surface area contributed by atoms with Gasteiger partial charge in [0.05, 0.1) is 6.67 Å². The molecule has 0 atom stereocenters. The average molecular weight is 343 g/mol. The number of benzene rings is 2. The molecule has 2 aromatic rings. The van der Waals surface area contributed by atoms with E-state index < -0.39 is 0 Å². The summed E-state index contributed by atoms with van der Waals surface area (Å²) in [7, 11) is 0. The zero-order valence-electron chi connectivity index (χ0n) is 14.7. The maximum Gasteiger partial charge on any atom is 0.0678 e. The molecule has 0 bridgehead atoms. The normalized spacial score (nSPS) is 15.5. The summed E-state index contributed by atoms with van der Waals surface area (Å²) in [4.78, 5) is 2.51. The molecule has 128 valence electrons. The summed E-state index contributed by atoms with van der Waals surface area (Å²) >= 11 is 6.32.